The lowest BCUT2D eigenvalue weighted by atomic mass is 9.88. The van der Waals surface area contributed by atoms with E-state index in [0.29, 0.717) is 18.7 Å². The summed E-state index contributed by atoms with van der Waals surface area (Å²) < 4.78 is 1.84. The van der Waals surface area contributed by atoms with Crippen molar-refractivity contribution in [1.82, 2.24) is 9.47 Å². The van der Waals surface area contributed by atoms with Crippen LogP contribution in [0.5, 0.6) is 0 Å². The van der Waals surface area contributed by atoms with Crippen LogP contribution in [0.15, 0.2) is 77.6 Å². The summed E-state index contributed by atoms with van der Waals surface area (Å²) in [6, 6.07) is 22.5. The lowest BCUT2D eigenvalue weighted by Crippen LogP contribution is -2.45. The van der Waals surface area contributed by atoms with Gasteiger partial charge in [0.25, 0.3) is 5.56 Å². The minimum Gasteiger partial charge on any atom is -0.396 e. The van der Waals surface area contributed by atoms with Crippen LogP contribution in [0, 0.1) is 11.8 Å². The van der Waals surface area contributed by atoms with Crippen LogP contribution in [0.2, 0.25) is 0 Å². The largest absolute Gasteiger partial charge is 0.396 e. The fraction of sp³-hybridized carbons (Fsp3) is 0.308. The SMILES string of the molecule is CCN1[C@@H]2c3ccc(-c4ccccc4)c(=O)n3C[C@@H]2[C@@H](CO)[C@@H]1C(=O)Nc1ccccc1. The Morgan fingerprint density at radius 3 is 2.38 bits per heavy atom. The van der Waals surface area contributed by atoms with E-state index in [1.807, 2.05) is 84.3 Å². The molecule has 3 aromatic rings. The quantitative estimate of drug-likeness (QED) is 0.654. The van der Waals surface area contributed by atoms with Crippen molar-refractivity contribution in [2.75, 3.05) is 18.5 Å². The molecule has 0 radical (unpaired) electrons. The standard InChI is InChI=1S/C26H27N3O3/c1-2-28-23-20(21(16-30)24(28)25(31)27-18-11-7-4-8-12-18)15-29-22(23)14-13-19(26(29)32)17-9-5-3-6-10-17/h3-14,20-21,23-24,30H,2,15-16H2,1H3,(H,27,31)/t20-,21-,23+,24-/m1/s1. The van der Waals surface area contributed by atoms with E-state index in [-0.39, 0.29) is 36.0 Å². The number of para-hydroxylation sites is 1. The molecule has 2 aliphatic rings. The average Bonchev–Trinajstić information content (AvgIpc) is 3.35. The van der Waals surface area contributed by atoms with E-state index in [4.69, 9.17) is 0 Å². The molecule has 3 heterocycles. The molecule has 2 aliphatic heterocycles. The van der Waals surface area contributed by atoms with Crippen molar-refractivity contribution in [3.8, 4) is 11.1 Å². The molecule has 2 aromatic carbocycles. The third kappa shape index (κ3) is 3.27. The fourth-order valence-corrected chi connectivity index (χ4v) is 5.56. The highest BCUT2D eigenvalue weighted by atomic mass is 16.3. The maximum absolute atomic E-state index is 13.3. The zero-order valence-electron chi connectivity index (χ0n) is 18.0. The molecular weight excluding hydrogens is 402 g/mol. The Kier molecular flexibility index (Phi) is 5.41. The van der Waals surface area contributed by atoms with Gasteiger partial charge in [-0.2, -0.15) is 0 Å². The third-order valence-corrected chi connectivity index (χ3v) is 6.95. The van der Waals surface area contributed by atoms with Crippen molar-refractivity contribution < 1.29 is 9.90 Å². The Morgan fingerprint density at radius 1 is 1.03 bits per heavy atom. The van der Waals surface area contributed by atoms with Crippen LogP contribution in [0.3, 0.4) is 0 Å². The first-order valence-corrected chi connectivity index (χ1v) is 11.2. The van der Waals surface area contributed by atoms with E-state index < -0.39 is 6.04 Å². The number of benzene rings is 2. The number of aliphatic hydroxyl groups is 1. The van der Waals surface area contributed by atoms with E-state index in [2.05, 4.69) is 10.2 Å². The van der Waals surface area contributed by atoms with Crippen LogP contribution in [-0.2, 0) is 11.3 Å². The molecule has 0 aliphatic carbocycles. The third-order valence-electron chi connectivity index (χ3n) is 6.95. The molecule has 6 nitrogen and oxygen atoms in total. The Bertz CT molecular complexity index is 1180. The highest BCUT2D eigenvalue weighted by molar-refractivity contribution is 5.95. The van der Waals surface area contributed by atoms with Gasteiger partial charge in [0.05, 0.1) is 12.1 Å². The minimum absolute atomic E-state index is 0.00481. The number of nitrogens with zero attached hydrogens (tertiary/aromatic N) is 2. The molecule has 5 rings (SSSR count). The van der Waals surface area contributed by atoms with Gasteiger partial charge < -0.3 is 15.0 Å². The number of carbonyl (C=O) groups is 1. The van der Waals surface area contributed by atoms with Crippen LogP contribution >= 0.6 is 0 Å². The second-order valence-electron chi connectivity index (χ2n) is 8.54. The monoisotopic (exact) mass is 429 g/mol. The van der Waals surface area contributed by atoms with Gasteiger partial charge in [0, 0.05) is 41.9 Å². The number of nitrogens with one attached hydrogen (secondary N) is 1. The van der Waals surface area contributed by atoms with Crippen molar-refractivity contribution >= 4 is 11.6 Å². The molecule has 1 fully saturated rings. The number of anilines is 1. The van der Waals surface area contributed by atoms with E-state index >= 15 is 0 Å². The molecule has 0 bridgehead atoms. The van der Waals surface area contributed by atoms with Crippen LogP contribution in [-0.4, -0.2) is 39.7 Å². The van der Waals surface area contributed by atoms with Gasteiger partial charge in [0.15, 0.2) is 0 Å². The van der Waals surface area contributed by atoms with Gasteiger partial charge in [-0.1, -0.05) is 55.5 Å². The second-order valence-corrected chi connectivity index (χ2v) is 8.54. The number of likely N-dealkylation sites (N-methyl/N-ethyl adjacent to an activating group) is 1. The number of carbonyl (C=O) groups excluding carboxylic acids is 1. The summed E-state index contributed by atoms with van der Waals surface area (Å²) in [5.74, 6) is -0.352. The summed E-state index contributed by atoms with van der Waals surface area (Å²) >= 11 is 0. The van der Waals surface area contributed by atoms with Crippen molar-refractivity contribution in [2.45, 2.75) is 25.6 Å². The minimum atomic E-state index is -0.446. The summed E-state index contributed by atoms with van der Waals surface area (Å²) in [7, 11) is 0. The number of fused-ring (bicyclic) bond motifs is 3. The van der Waals surface area contributed by atoms with Crippen molar-refractivity contribution in [3.05, 3.63) is 88.8 Å². The summed E-state index contributed by atoms with van der Waals surface area (Å²) in [6.45, 7) is 3.09. The number of pyridine rings is 1. The Labute approximate surface area is 187 Å². The molecule has 1 saturated heterocycles. The van der Waals surface area contributed by atoms with Crippen LogP contribution in [0.1, 0.15) is 18.7 Å². The Hall–Kier alpha value is -3.22. The van der Waals surface area contributed by atoms with Gasteiger partial charge in [-0.15, -0.1) is 0 Å². The van der Waals surface area contributed by atoms with Gasteiger partial charge >= 0.3 is 0 Å². The zero-order chi connectivity index (χ0) is 22.2. The zero-order valence-corrected chi connectivity index (χ0v) is 18.0. The molecule has 2 N–H and O–H groups in total. The van der Waals surface area contributed by atoms with Crippen molar-refractivity contribution in [1.29, 1.82) is 0 Å². The van der Waals surface area contributed by atoms with Gasteiger partial charge in [-0.3, -0.25) is 14.5 Å². The molecular formula is C26H27N3O3. The molecule has 0 unspecified atom stereocenters. The predicted octanol–water partition coefficient (Wildman–Crippen LogP) is 3.14. The molecule has 32 heavy (non-hydrogen) atoms. The summed E-state index contributed by atoms with van der Waals surface area (Å²) in [6.07, 6.45) is 0. The maximum Gasteiger partial charge on any atom is 0.258 e. The van der Waals surface area contributed by atoms with E-state index in [0.717, 1.165) is 16.9 Å². The second kappa shape index (κ2) is 8.37. The highest BCUT2D eigenvalue weighted by Gasteiger charge is 2.55. The number of hydrogen-bond acceptors (Lipinski definition) is 4. The molecule has 1 aromatic heterocycles. The summed E-state index contributed by atoms with van der Waals surface area (Å²) in [5.41, 5.74) is 3.23. The Balaban J connectivity index is 1.50. The summed E-state index contributed by atoms with van der Waals surface area (Å²) in [5, 5.41) is 13.3. The van der Waals surface area contributed by atoms with E-state index in [9.17, 15) is 14.7 Å². The van der Waals surface area contributed by atoms with Crippen LogP contribution < -0.4 is 10.9 Å². The molecule has 0 spiro atoms. The lowest BCUT2D eigenvalue weighted by molar-refractivity contribution is -0.122. The highest BCUT2D eigenvalue weighted by Crippen LogP contribution is 2.49. The van der Waals surface area contributed by atoms with Gasteiger partial charge in [-0.25, -0.2) is 0 Å². The van der Waals surface area contributed by atoms with Gasteiger partial charge in [-0.05, 0) is 36.4 Å². The number of aliphatic hydroxyl groups excluding tert-OH is 1. The smallest absolute Gasteiger partial charge is 0.258 e. The normalized spacial score (nSPS) is 24.2. The number of rotatable bonds is 5. The Morgan fingerprint density at radius 2 is 1.72 bits per heavy atom. The van der Waals surface area contributed by atoms with Crippen molar-refractivity contribution in [3.63, 3.8) is 0 Å². The topological polar surface area (TPSA) is 74.6 Å². The number of aromatic nitrogens is 1. The van der Waals surface area contributed by atoms with Crippen LogP contribution in [0.4, 0.5) is 5.69 Å². The van der Waals surface area contributed by atoms with Crippen molar-refractivity contribution in [2.24, 2.45) is 11.8 Å². The summed E-state index contributed by atoms with van der Waals surface area (Å²) in [4.78, 5) is 28.8. The first-order valence-electron chi connectivity index (χ1n) is 11.2. The van der Waals surface area contributed by atoms with Gasteiger partial charge in [0.2, 0.25) is 5.91 Å². The average molecular weight is 430 g/mol. The van der Waals surface area contributed by atoms with E-state index in [1.54, 1.807) is 0 Å². The molecule has 164 valence electrons. The van der Waals surface area contributed by atoms with Gasteiger partial charge in [0.1, 0.15) is 0 Å². The maximum atomic E-state index is 13.3. The molecule has 1 amide bonds. The first kappa shape index (κ1) is 20.7. The predicted molar refractivity (Wildman–Crippen MR) is 124 cm³/mol. The molecule has 4 atom stereocenters. The van der Waals surface area contributed by atoms with Crippen LogP contribution in [0.25, 0.3) is 11.1 Å². The number of likely N-dealkylation sites (tertiary alicyclic amines) is 1. The number of amides is 1. The van der Waals surface area contributed by atoms with E-state index in [1.165, 1.54) is 0 Å². The first-order chi connectivity index (χ1) is 15.6. The molecule has 6 heteroatoms. The lowest BCUT2D eigenvalue weighted by Gasteiger charge is -2.29. The fourth-order valence-electron chi connectivity index (χ4n) is 5.56. The number of hydrogen-bond donors (Lipinski definition) is 2. The molecule has 0 saturated carbocycles.